The lowest BCUT2D eigenvalue weighted by atomic mass is 10.3. The van der Waals surface area contributed by atoms with E-state index in [-0.39, 0.29) is 5.91 Å². The van der Waals surface area contributed by atoms with Crippen LogP contribution in [0.4, 0.5) is 0 Å². The zero-order valence-corrected chi connectivity index (χ0v) is 13.7. The molecule has 1 amide bonds. The Bertz CT molecular complexity index is 442. The molecule has 1 aromatic rings. The highest BCUT2D eigenvalue weighted by atomic mass is 35.5. The Morgan fingerprint density at radius 1 is 1.15 bits per heavy atom. The van der Waals surface area contributed by atoms with Gasteiger partial charge in [-0.1, -0.05) is 25.4 Å². The number of carbonyl (C=O) groups excluding carboxylic acids is 1. The Kier molecular flexibility index (Phi) is 7.85. The van der Waals surface area contributed by atoms with Gasteiger partial charge in [0.25, 0.3) is 0 Å². The van der Waals surface area contributed by atoms with E-state index in [1.165, 1.54) is 0 Å². The van der Waals surface area contributed by atoms with E-state index in [0.29, 0.717) is 17.2 Å². The van der Waals surface area contributed by atoms with Gasteiger partial charge in [-0.3, -0.25) is 9.00 Å². The fraction of sp³-hybridized carbons (Fsp3) is 0.533. The van der Waals surface area contributed by atoms with Crippen LogP contribution in [0.15, 0.2) is 29.2 Å². The summed E-state index contributed by atoms with van der Waals surface area (Å²) in [4.78, 5) is 14.7. The second-order valence-corrected chi connectivity index (χ2v) is 6.64. The zero-order chi connectivity index (χ0) is 15.0. The molecule has 1 rings (SSSR count). The van der Waals surface area contributed by atoms with Crippen LogP contribution < -0.4 is 0 Å². The van der Waals surface area contributed by atoms with Crippen molar-refractivity contribution in [2.24, 2.45) is 0 Å². The van der Waals surface area contributed by atoms with Gasteiger partial charge in [0, 0.05) is 35.2 Å². The van der Waals surface area contributed by atoms with Gasteiger partial charge >= 0.3 is 0 Å². The van der Waals surface area contributed by atoms with E-state index >= 15 is 0 Å². The molecule has 1 aromatic carbocycles. The Hall–Kier alpha value is -0.870. The van der Waals surface area contributed by atoms with Crippen LogP contribution >= 0.6 is 11.6 Å². The maximum absolute atomic E-state index is 12.1. The number of hydrogen-bond donors (Lipinski definition) is 0. The topological polar surface area (TPSA) is 37.4 Å². The summed E-state index contributed by atoms with van der Waals surface area (Å²) in [5, 5.41) is 0.624. The minimum absolute atomic E-state index is 0.0935. The van der Waals surface area contributed by atoms with Crippen LogP contribution in [-0.4, -0.2) is 33.9 Å². The number of nitrogens with zero attached hydrogens (tertiary/aromatic N) is 1. The summed E-state index contributed by atoms with van der Waals surface area (Å²) < 4.78 is 12.1. The Labute approximate surface area is 128 Å². The Morgan fingerprint density at radius 3 is 2.20 bits per heavy atom. The molecule has 0 radical (unpaired) electrons. The minimum Gasteiger partial charge on any atom is -0.343 e. The van der Waals surface area contributed by atoms with Gasteiger partial charge in [0.15, 0.2) is 0 Å². The summed E-state index contributed by atoms with van der Waals surface area (Å²) >= 11 is 5.80. The average Bonchev–Trinajstić information content (AvgIpc) is 2.45. The molecule has 1 atom stereocenters. The Balaban J connectivity index is 2.50. The molecule has 1 unspecified atom stereocenters. The second kappa shape index (κ2) is 9.14. The molecule has 0 aliphatic carbocycles. The molecule has 112 valence electrons. The van der Waals surface area contributed by atoms with E-state index in [0.717, 1.165) is 30.8 Å². The first-order valence-electron chi connectivity index (χ1n) is 7.00. The van der Waals surface area contributed by atoms with Crippen LogP contribution in [0.25, 0.3) is 0 Å². The van der Waals surface area contributed by atoms with Crippen molar-refractivity contribution in [1.29, 1.82) is 0 Å². The lowest BCUT2D eigenvalue weighted by Gasteiger charge is -2.21. The molecule has 0 N–H and O–H groups in total. The normalized spacial score (nSPS) is 12.2. The molecule has 0 aliphatic rings. The monoisotopic (exact) mass is 315 g/mol. The van der Waals surface area contributed by atoms with Crippen molar-refractivity contribution in [2.45, 2.75) is 38.0 Å². The van der Waals surface area contributed by atoms with Gasteiger partial charge in [-0.15, -0.1) is 0 Å². The highest BCUT2D eigenvalue weighted by Crippen LogP contribution is 2.13. The lowest BCUT2D eigenvalue weighted by molar-refractivity contribution is -0.130. The molecule has 0 aromatic heterocycles. The second-order valence-electron chi connectivity index (χ2n) is 4.63. The summed E-state index contributed by atoms with van der Waals surface area (Å²) in [6.07, 6.45) is 2.23. The van der Waals surface area contributed by atoms with Crippen molar-refractivity contribution in [1.82, 2.24) is 4.90 Å². The first-order chi connectivity index (χ1) is 9.58. The van der Waals surface area contributed by atoms with Gasteiger partial charge in [0.05, 0.1) is 10.8 Å². The van der Waals surface area contributed by atoms with Crippen LogP contribution in [0.2, 0.25) is 5.02 Å². The fourth-order valence-electron chi connectivity index (χ4n) is 1.94. The van der Waals surface area contributed by atoms with Crippen molar-refractivity contribution >= 4 is 28.3 Å². The maximum Gasteiger partial charge on any atom is 0.223 e. The third kappa shape index (κ3) is 5.63. The molecular weight excluding hydrogens is 294 g/mol. The number of halogens is 1. The average molecular weight is 316 g/mol. The minimum atomic E-state index is -1.14. The van der Waals surface area contributed by atoms with E-state index < -0.39 is 10.8 Å². The summed E-state index contributed by atoms with van der Waals surface area (Å²) in [5.74, 6) is 0.459. The third-order valence-corrected chi connectivity index (χ3v) is 4.54. The lowest BCUT2D eigenvalue weighted by Crippen LogP contribution is -2.33. The molecule has 0 saturated carbocycles. The quantitative estimate of drug-likeness (QED) is 0.736. The highest BCUT2D eigenvalue weighted by Gasteiger charge is 2.13. The fourth-order valence-corrected chi connectivity index (χ4v) is 3.10. The van der Waals surface area contributed by atoms with Crippen molar-refractivity contribution in [3.63, 3.8) is 0 Å². The van der Waals surface area contributed by atoms with Gasteiger partial charge < -0.3 is 4.90 Å². The molecule has 0 saturated heterocycles. The van der Waals surface area contributed by atoms with Gasteiger partial charge in [0.2, 0.25) is 5.91 Å². The van der Waals surface area contributed by atoms with Crippen LogP contribution in [0.3, 0.4) is 0 Å². The molecular formula is C15H22ClNO2S. The predicted molar refractivity (Wildman–Crippen MR) is 84.5 cm³/mol. The van der Waals surface area contributed by atoms with E-state index in [1.807, 2.05) is 4.90 Å². The number of amides is 1. The van der Waals surface area contributed by atoms with Gasteiger partial charge in [-0.25, -0.2) is 0 Å². The molecule has 20 heavy (non-hydrogen) atoms. The molecule has 0 aliphatic heterocycles. The van der Waals surface area contributed by atoms with E-state index in [1.54, 1.807) is 24.3 Å². The maximum atomic E-state index is 12.1. The summed E-state index contributed by atoms with van der Waals surface area (Å²) in [5.41, 5.74) is 0. The molecule has 0 spiro atoms. The van der Waals surface area contributed by atoms with Crippen molar-refractivity contribution < 1.29 is 9.00 Å². The van der Waals surface area contributed by atoms with Gasteiger partial charge in [-0.05, 0) is 37.1 Å². The first kappa shape index (κ1) is 17.2. The third-order valence-electron chi connectivity index (χ3n) is 2.92. The number of carbonyl (C=O) groups is 1. The Morgan fingerprint density at radius 2 is 1.70 bits per heavy atom. The van der Waals surface area contributed by atoms with Crippen molar-refractivity contribution in [3.8, 4) is 0 Å². The number of hydrogen-bond acceptors (Lipinski definition) is 2. The van der Waals surface area contributed by atoms with Crippen molar-refractivity contribution in [3.05, 3.63) is 29.3 Å². The SMILES string of the molecule is CCCN(CCC)C(=O)CCS(=O)c1ccc(Cl)cc1. The van der Waals surface area contributed by atoms with Gasteiger partial charge in [0.1, 0.15) is 0 Å². The van der Waals surface area contributed by atoms with Crippen LogP contribution in [0, 0.1) is 0 Å². The molecule has 3 nitrogen and oxygen atoms in total. The summed E-state index contributed by atoms with van der Waals surface area (Å²) in [6, 6.07) is 6.94. The number of rotatable bonds is 8. The smallest absolute Gasteiger partial charge is 0.223 e. The van der Waals surface area contributed by atoms with Crippen LogP contribution in [0.5, 0.6) is 0 Å². The highest BCUT2D eigenvalue weighted by molar-refractivity contribution is 7.85. The summed E-state index contributed by atoms with van der Waals surface area (Å²) in [7, 11) is -1.14. The summed E-state index contributed by atoms with van der Waals surface area (Å²) in [6.45, 7) is 5.67. The first-order valence-corrected chi connectivity index (χ1v) is 8.69. The van der Waals surface area contributed by atoms with E-state index in [4.69, 9.17) is 11.6 Å². The molecule has 5 heteroatoms. The standard InChI is InChI=1S/C15H22ClNO2S/c1-3-10-17(11-4-2)15(18)9-12-20(19)14-7-5-13(16)6-8-14/h5-8H,3-4,9-12H2,1-2H3. The molecule has 0 fully saturated rings. The molecule has 0 bridgehead atoms. The molecule has 0 heterocycles. The van der Waals surface area contributed by atoms with Crippen LogP contribution in [-0.2, 0) is 15.6 Å². The largest absolute Gasteiger partial charge is 0.343 e. The van der Waals surface area contributed by atoms with Crippen LogP contribution in [0.1, 0.15) is 33.1 Å². The number of benzene rings is 1. The zero-order valence-electron chi connectivity index (χ0n) is 12.1. The van der Waals surface area contributed by atoms with E-state index in [2.05, 4.69) is 13.8 Å². The van der Waals surface area contributed by atoms with Crippen molar-refractivity contribution in [2.75, 3.05) is 18.8 Å². The van der Waals surface area contributed by atoms with Gasteiger partial charge in [-0.2, -0.15) is 0 Å². The van der Waals surface area contributed by atoms with E-state index in [9.17, 15) is 9.00 Å². The predicted octanol–water partition coefficient (Wildman–Crippen LogP) is 3.49.